The van der Waals surface area contributed by atoms with Crippen LogP contribution in [0.15, 0.2) is 24.3 Å². The number of piperazine rings is 1. The van der Waals surface area contributed by atoms with Crippen LogP contribution in [-0.2, 0) is 9.63 Å². The predicted molar refractivity (Wildman–Crippen MR) is 129 cm³/mol. The summed E-state index contributed by atoms with van der Waals surface area (Å²) in [6.45, 7) is 5.01. The van der Waals surface area contributed by atoms with Crippen LogP contribution in [0.5, 0.6) is 0 Å². The molecule has 186 valence electrons. The first kappa shape index (κ1) is 23.9. The van der Waals surface area contributed by atoms with Gasteiger partial charge in [-0.15, -0.1) is 5.06 Å². The van der Waals surface area contributed by atoms with Crippen LogP contribution in [-0.4, -0.2) is 82.4 Å². The number of hydrogen-bond donors (Lipinski definition) is 2. The highest BCUT2D eigenvalue weighted by Crippen LogP contribution is 2.53. The van der Waals surface area contributed by atoms with E-state index in [0.29, 0.717) is 17.3 Å². The number of hydrogen-bond acceptors (Lipinski definition) is 6. The van der Waals surface area contributed by atoms with Crippen molar-refractivity contribution in [1.29, 1.82) is 0 Å². The van der Waals surface area contributed by atoms with Gasteiger partial charge in [-0.25, -0.2) is 4.79 Å². The van der Waals surface area contributed by atoms with E-state index in [2.05, 4.69) is 15.1 Å². The van der Waals surface area contributed by atoms with Gasteiger partial charge >= 0.3 is 6.09 Å². The Morgan fingerprint density at radius 2 is 2.09 bits per heavy atom. The number of hydroxylamine groups is 2. The normalized spacial score (nSPS) is 31.3. The summed E-state index contributed by atoms with van der Waals surface area (Å²) in [5.41, 5.74) is 0.760. The molecule has 0 bridgehead atoms. The fourth-order valence-electron chi connectivity index (χ4n) is 5.98. The lowest BCUT2D eigenvalue weighted by molar-refractivity contribution is -0.190. The van der Waals surface area contributed by atoms with Crippen LogP contribution in [0.25, 0.3) is 0 Å². The number of nitrogens with one attached hydrogen (secondary N) is 1. The van der Waals surface area contributed by atoms with Gasteiger partial charge < -0.3 is 19.7 Å². The highest BCUT2D eigenvalue weighted by Gasteiger charge is 2.51. The molecule has 4 fully saturated rings. The minimum atomic E-state index is -0.625. The van der Waals surface area contributed by atoms with Crippen molar-refractivity contribution in [3.63, 3.8) is 0 Å². The maximum absolute atomic E-state index is 13.4. The summed E-state index contributed by atoms with van der Waals surface area (Å²) in [5.74, 6) is 0.0205. The van der Waals surface area contributed by atoms with E-state index in [0.717, 1.165) is 51.7 Å². The molecule has 3 heterocycles. The van der Waals surface area contributed by atoms with E-state index in [1.165, 1.54) is 17.9 Å². The molecule has 2 N–H and O–H groups in total. The summed E-state index contributed by atoms with van der Waals surface area (Å²) < 4.78 is 0. The summed E-state index contributed by atoms with van der Waals surface area (Å²) in [6.07, 6.45) is 6.49. The van der Waals surface area contributed by atoms with Crippen LogP contribution in [0.2, 0.25) is 5.02 Å². The van der Waals surface area contributed by atoms with Crippen LogP contribution in [0.3, 0.4) is 0 Å². The Bertz CT molecular complexity index is 926. The number of benzene rings is 1. The number of anilines is 1. The minimum Gasteiger partial charge on any atom is -0.391 e. The lowest BCUT2D eigenvalue weighted by atomic mass is 9.88. The molecule has 3 aliphatic heterocycles. The van der Waals surface area contributed by atoms with Gasteiger partial charge in [-0.1, -0.05) is 17.7 Å². The number of aliphatic hydroxyl groups is 1. The molecular weight excluding hydrogens is 456 g/mol. The van der Waals surface area contributed by atoms with E-state index in [1.54, 1.807) is 31.2 Å². The monoisotopic (exact) mass is 490 g/mol. The lowest BCUT2D eigenvalue weighted by Gasteiger charge is -2.50. The molecule has 2 amide bonds. The van der Waals surface area contributed by atoms with Gasteiger partial charge in [0.2, 0.25) is 5.91 Å². The molecule has 4 aliphatic rings. The average Bonchev–Trinajstić information content (AvgIpc) is 3.59. The Morgan fingerprint density at radius 3 is 2.82 bits per heavy atom. The molecule has 1 saturated carbocycles. The number of piperidine rings is 2. The highest BCUT2D eigenvalue weighted by molar-refractivity contribution is 6.30. The Kier molecular flexibility index (Phi) is 6.77. The van der Waals surface area contributed by atoms with Crippen molar-refractivity contribution in [2.24, 2.45) is 5.41 Å². The molecular formula is C25H35ClN4O4. The summed E-state index contributed by atoms with van der Waals surface area (Å²) in [5, 5.41) is 15.2. The number of β-amino-alcohol motifs (C(OH)–C–C–N with tert-alkyl or cyclic N) is 1. The summed E-state index contributed by atoms with van der Waals surface area (Å²) in [4.78, 5) is 35.8. The SMILES string of the molecule is C[C@H]1C(=O)N2[C@@H](CCN3CCC4(CC4)[C@H](O)C3)CCC[C@H]2CN1OC(=O)Nc1cccc(Cl)c1. The molecule has 3 saturated heterocycles. The molecule has 1 aliphatic carbocycles. The van der Waals surface area contributed by atoms with Crippen molar-refractivity contribution in [2.45, 2.75) is 76.1 Å². The number of halogens is 1. The van der Waals surface area contributed by atoms with Crippen LogP contribution in [0.4, 0.5) is 10.5 Å². The second kappa shape index (κ2) is 9.64. The molecule has 1 aromatic carbocycles. The first-order valence-corrected chi connectivity index (χ1v) is 13.0. The first-order valence-electron chi connectivity index (χ1n) is 12.6. The van der Waals surface area contributed by atoms with E-state index in [9.17, 15) is 14.7 Å². The van der Waals surface area contributed by atoms with Crippen LogP contribution in [0, 0.1) is 5.41 Å². The Balaban J connectivity index is 1.16. The van der Waals surface area contributed by atoms with Gasteiger partial charge in [0.15, 0.2) is 0 Å². The number of rotatable bonds is 5. The van der Waals surface area contributed by atoms with Gasteiger partial charge in [0, 0.05) is 35.9 Å². The second-order valence-corrected chi connectivity index (χ2v) is 10.9. The van der Waals surface area contributed by atoms with Crippen molar-refractivity contribution in [2.75, 3.05) is 31.5 Å². The van der Waals surface area contributed by atoms with E-state index in [4.69, 9.17) is 16.4 Å². The molecule has 9 heteroatoms. The van der Waals surface area contributed by atoms with Crippen LogP contribution < -0.4 is 5.32 Å². The Hall–Kier alpha value is -1.87. The predicted octanol–water partition coefficient (Wildman–Crippen LogP) is 3.49. The summed E-state index contributed by atoms with van der Waals surface area (Å²) >= 11 is 5.98. The fraction of sp³-hybridized carbons (Fsp3) is 0.680. The van der Waals surface area contributed by atoms with Gasteiger partial charge in [0.05, 0.1) is 12.6 Å². The summed E-state index contributed by atoms with van der Waals surface area (Å²) in [6, 6.07) is 6.57. The van der Waals surface area contributed by atoms with Gasteiger partial charge in [-0.2, -0.15) is 0 Å². The van der Waals surface area contributed by atoms with Crippen molar-refractivity contribution >= 4 is 29.3 Å². The molecule has 4 atom stereocenters. The zero-order valence-corrected chi connectivity index (χ0v) is 20.5. The van der Waals surface area contributed by atoms with E-state index in [-0.39, 0.29) is 29.5 Å². The third-order valence-corrected chi connectivity index (χ3v) is 8.54. The second-order valence-electron chi connectivity index (χ2n) is 10.5. The molecule has 5 rings (SSSR count). The number of nitrogens with zero attached hydrogens (tertiary/aromatic N) is 3. The molecule has 8 nitrogen and oxygen atoms in total. The van der Waals surface area contributed by atoms with Gasteiger partial charge in [-0.05, 0) is 82.0 Å². The summed E-state index contributed by atoms with van der Waals surface area (Å²) in [7, 11) is 0. The number of fused-ring (bicyclic) bond motifs is 1. The third kappa shape index (κ3) is 4.91. The smallest absolute Gasteiger partial charge is 0.391 e. The minimum absolute atomic E-state index is 0.0205. The number of likely N-dealkylation sites (tertiary alicyclic amines) is 1. The molecule has 0 unspecified atom stereocenters. The van der Waals surface area contributed by atoms with Gasteiger partial charge in [0.25, 0.3) is 0 Å². The zero-order valence-electron chi connectivity index (χ0n) is 19.8. The maximum atomic E-state index is 13.4. The molecule has 0 radical (unpaired) electrons. The van der Waals surface area contributed by atoms with E-state index < -0.39 is 12.1 Å². The van der Waals surface area contributed by atoms with Crippen molar-refractivity contribution in [3.05, 3.63) is 29.3 Å². The van der Waals surface area contributed by atoms with Crippen LogP contribution >= 0.6 is 11.6 Å². The van der Waals surface area contributed by atoms with Gasteiger partial charge in [-0.3, -0.25) is 10.1 Å². The maximum Gasteiger partial charge on any atom is 0.430 e. The number of aliphatic hydroxyl groups excluding tert-OH is 1. The van der Waals surface area contributed by atoms with Gasteiger partial charge in [0.1, 0.15) is 6.04 Å². The lowest BCUT2D eigenvalue weighted by Crippen LogP contribution is -2.65. The van der Waals surface area contributed by atoms with Crippen molar-refractivity contribution in [3.8, 4) is 0 Å². The first-order chi connectivity index (χ1) is 16.3. The Morgan fingerprint density at radius 1 is 1.26 bits per heavy atom. The van der Waals surface area contributed by atoms with Crippen molar-refractivity contribution < 1.29 is 19.5 Å². The van der Waals surface area contributed by atoms with E-state index >= 15 is 0 Å². The van der Waals surface area contributed by atoms with Crippen molar-refractivity contribution in [1.82, 2.24) is 14.9 Å². The highest BCUT2D eigenvalue weighted by atomic mass is 35.5. The molecule has 34 heavy (non-hydrogen) atoms. The molecule has 1 aromatic rings. The molecule has 0 aromatic heterocycles. The fourth-order valence-corrected chi connectivity index (χ4v) is 6.17. The third-order valence-electron chi connectivity index (χ3n) is 8.30. The largest absolute Gasteiger partial charge is 0.430 e. The Labute approximate surface area is 206 Å². The quantitative estimate of drug-likeness (QED) is 0.657. The number of carbonyl (C=O) groups excluding carboxylic acids is 2. The average molecular weight is 491 g/mol. The standard InChI is InChI=1S/C25H35ClN4O4/c1-17-23(32)30-20(8-12-28-13-11-25(9-10-25)22(31)16-28)6-3-7-21(30)15-29(17)34-24(33)27-19-5-2-4-18(26)14-19/h2,4-5,14,17,20-22,31H,3,6-13,15-16H2,1H3,(H,27,33)/t17-,20+,21-,22+/m0/s1. The van der Waals surface area contributed by atoms with E-state index in [1.807, 2.05) is 0 Å². The zero-order chi connectivity index (χ0) is 23.9. The molecule has 1 spiro atoms. The topological polar surface area (TPSA) is 85.3 Å². The number of amides is 2. The number of carbonyl (C=O) groups is 2. The van der Waals surface area contributed by atoms with Crippen LogP contribution in [0.1, 0.15) is 51.9 Å².